The third kappa shape index (κ3) is 5.20. The van der Waals surface area contributed by atoms with E-state index in [1.807, 2.05) is 12.1 Å². The van der Waals surface area contributed by atoms with Crippen molar-refractivity contribution in [1.82, 2.24) is 0 Å². The highest BCUT2D eigenvalue weighted by Crippen LogP contribution is 2.36. The number of carboxylic acids is 1. The minimum Gasteiger partial charge on any atom is -0.506 e. The molecule has 5 nitrogen and oxygen atoms in total. The summed E-state index contributed by atoms with van der Waals surface area (Å²) in [4.78, 5) is 10.9. The summed E-state index contributed by atoms with van der Waals surface area (Å²) in [5, 5.41) is 18.8. The second-order valence-corrected chi connectivity index (χ2v) is 9.52. The molecule has 0 aliphatic heterocycles. The predicted octanol–water partition coefficient (Wildman–Crippen LogP) is 5.05. The topological polar surface area (TPSA) is 92.8 Å². The molecule has 0 spiro atoms. The number of phenols is 1. The van der Waals surface area contributed by atoms with Gasteiger partial charge in [0, 0.05) is 5.94 Å². The van der Waals surface area contributed by atoms with E-state index < -0.39 is 12.0 Å². The minimum atomic E-state index is -1.02. The van der Waals surface area contributed by atoms with Crippen LogP contribution in [0.1, 0.15) is 11.5 Å². The minimum absolute atomic E-state index is 0.242. The maximum atomic E-state index is 10.9. The zero-order chi connectivity index (χ0) is 22.0. The summed E-state index contributed by atoms with van der Waals surface area (Å²) in [5.74, 6) is 0.549. The van der Waals surface area contributed by atoms with E-state index in [0.717, 1.165) is 12.7 Å². The van der Waals surface area contributed by atoms with Crippen molar-refractivity contribution in [3.05, 3.63) is 44.1 Å². The van der Waals surface area contributed by atoms with Crippen molar-refractivity contribution >= 4 is 96.3 Å². The third-order valence-corrected chi connectivity index (χ3v) is 6.29. The van der Waals surface area contributed by atoms with E-state index in [9.17, 15) is 9.90 Å². The second-order valence-electron chi connectivity index (χ2n) is 4.88. The second kappa shape index (κ2) is 8.85. The Morgan fingerprint density at radius 1 is 1.12 bits per heavy atom. The van der Waals surface area contributed by atoms with E-state index in [0.29, 0.717) is 18.6 Å². The zero-order valence-electron chi connectivity index (χ0n) is 15.9. The summed E-state index contributed by atoms with van der Waals surface area (Å²) in [7, 11) is 0. The van der Waals surface area contributed by atoms with Gasteiger partial charge in [0.05, 0.1) is 14.3 Å². The molecular formula is C15H15I4NO4. The first-order valence-electron chi connectivity index (χ1n) is 8.51. The maximum Gasteiger partial charge on any atom is 0.320 e. The van der Waals surface area contributed by atoms with Gasteiger partial charge in [-0.2, -0.15) is 0 Å². The molecule has 0 aliphatic rings. The van der Waals surface area contributed by atoms with Crippen molar-refractivity contribution in [1.29, 1.82) is 0 Å². The van der Waals surface area contributed by atoms with Gasteiger partial charge in [-0.05, 0) is 127 Å². The Morgan fingerprint density at radius 3 is 2.08 bits per heavy atom. The van der Waals surface area contributed by atoms with Crippen LogP contribution in [0.2, 0.25) is 0 Å². The molecule has 4 N–H and O–H groups in total. The molecule has 24 heavy (non-hydrogen) atoms. The Labute approximate surface area is 199 Å². The van der Waals surface area contributed by atoms with Crippen molar-refractivity contribution in [2.24, 2.45) is 5.73 Å². The lowest BCUT2D eigenvalue weighted by Crippen LogP contribution is -2.32. The van der Waals surface area contributed by atoms with Crippen LogP contribution in [-0.2, 0) is 11.2 Å². The van der Waals surface area contributed by atoms with Crippen LogP contribution >= 0.6 is 90.4 Å². The SMILES string of the molecule is NC(Cc1cc(I)c(Oc2cc(I)c(O)c(I)c2)c(I)c1)C(=O)O.[3H][3H].[3H][3H]. The number of hydrogen-bond donors (Lipinski definition) is 3. The molecule has 0 saturated carbocycles. The number of halogens is 4. The van der Waals surface area contributed by atoms with Crippen LogP contribution in [-0.4, -0.2) is 22.2 Å². The van der Waals surface area contributed by atoms with Crippen LogP contribution in [0.15, 0.2) is 24.3 Å². The van der Waals surface area contributed by atoms with Crippen LogP contribution < -0.4 is 10.5 Å². The van der Waals surface area contributed by atoms with Gasteiger partial charge < -0.3 is 20.7 Å². The Balaban J connectivity index is 0.00000171. The summed E-state index contributed by atoms with van der Waals surface area (Å²) in [6.07, 6.45) is 0.261. The van der Waals surface area contributed by atoms with Gasteiger partial charge in [-0.15, -0.1) is 0 Å². The fourth-order valence-corrected chi connectivity index (χ4v) is 5.72. The molecule has 9 heteroatoms. The number of carbonyl (C=O) groups is 1. The van der Waals surface area contributed by atoms with Crippen LogP contribution in [0.5, 0.6) is 17.2 Å². The van der Waals surface area contributed by atoms with E-state index in [-0.39, 0.29) is 12.2 Å². The fourth-order valence-electron chi connectivity index (χ4n) is 1.89. The summed E-state index contributed by atoms with van der Waals surface area (Å²) in [5.41, 5.74) is 6.44. The van der Waals surface area contributed by atoms with Crippen molar-refractivity contribution in [2.45, 2.75) is 12.5 Å². The quantitative estimate of drug-likeness (QED) is 0.370. The van der Waals surface area contributed by atoms with Gasteiger partial charge in [-0.25, -0.2) is 0 Å². The van der Waals surface area contributed by atoms with Gasteiger partial charge >= 0.3 is 5.97 Å². The number of hydrogen-bond acceptors (Lipinski definition) is 4. The molecule has 0 amide bonds. The molecule has 0 aliphatic carbocycles. The number of benzene rings is 2. The maximum absolute atomic E-state index is 10.9. The highest BCUT2D eigenvalue weighted by molar-refractivity contribution is 14.1. The first-order valence-corrected chi connectivity index (χ1v) is 10.8. The molecule has 2 rings (SSSR count). The van der Waals surface area contributed by atoms with Crippen molar-refractivity contribution < 1.29 is 25.7 Å². The van der Waals surface area contributed by atoms with Crippen LogP contribution in [0.4, 0.5) is 0 Å². The number of aliphatic carboxylic acids is 1. The molecule has 1 atom stereocenters. The smallest absolute Gasteiger partial charge is 0.320 e. The summed E-state index contributed by atoms with van der Waals surface area (Å²) in [6.45, 7) is 0. The van der Waals surface area contributed by atoms with Gasteiger partial charge in [0.25, 0.3) is 0 Å². The Kier molecular flexibility index (Phi) is 6.56. The Morgan fingerprint density at radius 2 is 1.62 bits per heavy atom. The largest absolute Gasteiger partial charge is 0.506 e. The Bertz CT molecular complexity index is 768. The first-order chi connectivity index (χ1) is 13.2. The van der Waals surface area contributed by atoms with E-state index in [1.165, 1.54) is 0 Å². The van der Waals surface area contributed by atoms with Crippen LogP contribution in [0, 0.1) is 14.3 Å². The van der Waals surface area contributed by atoms with Crippen LogP contribution in [0.25, 0.3) is 0 Å². The number of phenolic OH excluding ortho intramolecular Hbond substituents is 1. The lowest BCUT2D eigenvalue weighted by molar-refractivity contribution is -0.138. The van der Waals surface area contributed by atoms with E-state index in [4.69, 9.17) is 21.5 Å². The first kappa shape index (κ1) is 17.8. The molecule has 0 saturated heterocycles. The number of ether oxygens (including phenoxy) is 1. The molecule has 0 bridgehead atoms. The third-order valence-electron chi connectivity index (χ3n) is 3.04. The average molecular weight is 789 g/mol. The fraction of sp³-hybridized carbons (Fsp3) is 0.133. The monoisotopic (exact) mass is 789 g/mol. The summed E-state index contributed by atoms with van der Waals surface area (Å²) < 4.78 is 29.1. The van der Waals surface area contributed by atoms with Gasteiger partial charge in [0.2, 0.25) is 0 Å². The number of aromatic hydroxyl groups is 1. The molecule has 0 aromatic heterocycles. The lowest BCUT2D eigenvalue weighted by Gasteiger charge is -2.14. The molecule has 0 radical (unpaired) electrons. The summed E-state index contributed by atoms with van der Waals surface area (Å²) in [6, 6.07) is 6.34. The number of nitrogens with two attached hydrogens (primary N) is 1. The lowest BCUT2D eigenvalue weighted by atomic mass is 10.1. The predicted molar refractivity (Wildman–Crippen MR) is 129 cm³/mol. The van der Waals surface area contributed by atoms with Crippen LogP contribution in [0.3, 0.4) is 0 Å². The standard InChI is InChI=1S/C15H11I4NO4.2H2/c16-8-4-7(5-9(17)13(8)21)24-14-10(18)1-6(2-11(14)19)3-12(20)15(22)23;;/h1-2,4-5,12,21H,3,20H2,(H,22,23);2*1H/i;2*1+2T. The van der Waals surface area contributed by atoms with Crippen molar-refractivity contribution in [2.75, 3.05) is 0 Å². The molecule has 0 fully saturated rings. The van der Waals surface area contributed by atoms with E-state index >= 15 is 0 Å². The van der Waals surface area contributed by atoms with Gasteiger partial charge in [-0.3, -0.25) is 4.79 Å². The van der Waals surface area contributed by atoms with E-state index in [2.05, 4.69) is 90.4 Å². The van der Waals surface area contributed by atoms with Gasteiger partial charge in [0.15, 0.2) is 5.75 Å². The van der Waals surface area contributed by atoms with Gasteiger partial charge in [-0.1, -0.05) is 0 Å². The number of rotatable bonds is 5. The van der Waals surface area contributed by atoms with Crippen molar-refractivity contribution in [3.8, 4) is 17.2 Å². The number of carboxylic acid groups (broad SMARTS) is 1. The molecule has 132 valence electrons. The molecule has 2 aromatic carbocycles. The molecule has 2 aromatic rings. The van der Waals surface area contributed by atoms with Crippen molar-refractivity contribution in [3.63, 3.8) is 0 Å². The highest BCUT2D eigenvalue weighted by atomic mass is 127. The highest BCUT2D eigenvalue weighted by Gasteiger charge is 2.16. The Hall–Kier alpha value is 0.390. The average Bonchev–Trinajstić information content (AvgIpc) is 2.65. The molecule has 0 heterocycles. The van der Waals surface area contributed by atoms with E-state index in [1.54, 1.807) is 12.1 Å². The molecular weight excluding hydrogens is 766 g/mol. The van der Waals surface area contributed by atoms with Gasteiger partial charge in [0.1, 0.15) is 17.5 Å². The normalized spacial score (nSPS) is 12.7. The molecule has 1 unspecified atom stereocenters. The zero-order valence-corrected chi connectivity index (χ0v) is 20.5. The summed E-state index contributed by atoms with van der Waals surface area (Å²) >= 11 is 8.42.